The molecule has 44 heavy (non-hydrogen) atoms. The highest BCUT2D eigenvalue weighted by Gasteiger charge is 2.23. The summed E-state index contributed by atoms with van der Waals surface area (Å²) in [6.07, 6.45) is 14.3. The first-order valence-electron chi connectivity index (χ1n) is 15.2. The Balaban J connectivity index is 1.37. The van der Waals surface area contributed by atoms with Crippen LogP contribution in [0.1, 0.15) is 70.4 Å². The van der Waals surface area contributed by atoms with Crippen LogP contribution < -0.4 is 27.4 Å². The summed E-state index contributed by atoms with van der Waals surface area (Å²) in [6, 6.07) is 9.80. The second-order valence-corrected chi connectivity index (χ2v) is 13.0. The second kappa shape index (κ2) is 16.9. The zero-order valence-electron chi connectivity index (χ0n) is 26.3. The largest absolute Gasteiger partial charge is 0.402 e. The van der Waals surface area contributed by atoms with E-state index in [0.717, 1.165) is 41.8 Å². The van der Waals surface area contributed by atoms with Crippen LogP contribution in [0.5, 0.6) is 0 Å². The summed E-state index contributed by atoms with van der Waals surface area (Å²) < 4.78 is 0. The topological polar surface area (TPSA) is 170 Å². The summed E-state index contributed by atoms with van der Waals surface area (Å²) >= 11 is 1.44. The average Bonchev–Trinajstić information content (AvgIpc) is 3.40. The van der Waals surface area contributed by atoms with E-state index in [2.05, 4.69) is 38.0 Å². The molecule has 1 aliphatic carbocycles. The number of hydrogen-bond acceptors (Lipinski definition) is 8. The van der Waals surface area contributed by atoms with Gasteiger partial charge in [0.05, 0.1) is 6.42 Å². The third-order valence-corrected chi connectivity index (χ3v) is 8.11. The predicted molar refractivity (Wildman–Crippen MR) is 176 cm³/mol. The highest BCUT2D eigenvalue weighted by Crippen LogP contribution is 2.24. The number of aryl methyl sites for hydroxylation is 1. The minimum Gasteiger partial charge on any atom is -0.402 e. The summed E-state index contributed by atoms with van der Waals surface area (Å²) in [4.78, 5) is 24.6. The van der Waals surface area contributed by atoms with Crippen LogP contribution in [0.15, 0.2) is 77.8 Å². The van der Waals surface area contributed by atoms with Crippen molar-refractivity contribution >= 4 is 28.3 Å². The Hall–Kier alpha value is -3.80. The van der Waals surface area contributed by atoms with Crippen molar-refractivity contribution in [1.29, 1.82) is 0 Å². The van der Waals surface area contributed by atoms with Gasteiger partial charge in [0, 0.05) is 42.5 Å². The maximum Gasteiger partial charge on any atom is 0.232 e. The number of rotatable bonds is 16. The van der Waals surface area contributed by atoms with Crippen LogP contribution in [-0.2, 0) is 22.4 Å². The summed E-state index contributed by atoms with van der Waals surface area (Å²) in [7, 11) is 0. The Kier molecular flexibility index (Phi) is 13.3. The first-order chi connectivity index (χ1) is 20.9. The van der Waals surface area contributed by atoms with Crippen molar-refractivity contribution in [3.8, 4) is 0 Å². The molecule has 0 aliphatic heterocycles. The van der Waals surface area contributed by atoms with Crippen molar-refractivity contribution in [3.63, 3.8) is 0 Å². The molecule has 1 aliphatic rings. The Morgan fingerprint density at radius 2 is 1.93 bits per heavy atom. The van der Waals surface area contributed by atoms with E-state index in [0.29, 0.717) is 29.5 Å². The Bertz CT molecular complexity index is 1360. The van der Waals surface area contributed by atoms with Crippen LogP contribution in [0.3, 0.4) is 0 Å². The van der Waals surface area contributed by atoms with Crippen molar-refractivity contribution in [1.82, 2.24) is 20.8 Å². The summed E-state index contributed by atoms with van der Waals surface area (Å²) in [5.74, 6) is 0.439. The minimum atomic E-state index is -1.13. The van der Waals surface area contributed by atoms with Crippen molar-refractivity contribution in [3.05, 3.63) is 88.4 Å². The molecule has 2 aromatic rings. The molecule has 3 rings (SSSR count). The smallest absolute Gasteiger partial charge is 0.232 e. The number of aromatic nitrogens is 2. The fraction of sp³-hybridized carbons (Fsp3) is 0.455. The quantitative estimate of drug-likeness (QED) is 0.0942. The number of nitrogens with one attached hydrogen (secondary N) is 3. The van der Waals surface area contributed by atoms with Gasteiger partial charge in [-0.2, -0.15) is 0 Å². The van der Waals surface area contributed by atoms with Crippen LogP contribution in [0, 0.1) is 11.8 Å². The van der Waals surface area contributed by atoms with Crippen LogP contribution in [0.4, 0.5) is 5.13 Å². The van der Waals surface area contributed by atoms with Crippen LogP contribution in [0.2, 0.25) is 0 Å². The number of carbonyl (C=O) groups is 2. The molecule has 11 heteroatoms. The molecule has 9 N–H and O–H groups in total. The molecule has 2 amide bonds. The second-order valence-electron chi connectivity index (χ2n) is 11.9. The number of hydrogen-bond donors (Lipinski definition) is 6. The van der Waals surface area contributed by atoms with E-state index in [1.807, 2.05) is 63.3 Å². The standard InChI is InChI=1S/C33H47N7O3S/c1-22(2)31(42)36-23(3)26-14-10-13-25(19-26)20-29(41)37-28(35)18-17-27(34)15-8-9-16-30-39-40-32(44-30)38-33(4,43)21-24-11-6-5-7-12-24/h5-7,10-13,17-19,22-23,26,43H,8-9,14-16,20-21,34-35H2,1-4H3,(H,36,42)(H,37,41)(H,38,40)/p+1/b27-17-,28-18+. The highest BCUT2D eigenvalue weighted by molar-refractivity contribution is 7.15. The van der Waals surface area contributed by atoms with Gasteiger partial charge in [-0.3, -0.25) is 14.9 Å². The van der Waals surface area contributed by atoms with E-state index < -0.39 is 5.72 Å². The molecule has 0 saturated carbocycles. The number of nitrogens with two attached hydrogens (primary N) is 1. The lowest BCUT2D eigenvalue weighted by Crippen LogP contribution is -2.55. The normalized spacial score (nSPS) is 17.5. The summed E-state index contributed by atoms with van der Waals surface area (Å²) in [5.41, 5.74) is 11.6. The molecule has 1 aromatic carbocycles. The van der Waals surface area contributed by atoms with Crippen molar-refractivity contribution in [2.75, 3.05) is 5.32 Å². The Morgan fingerprint density at radius 3 is 2.66 bits per heavy atom. The lowest BCUT2D eigenvalue weighted by Gasteiger charge is -2.25. The van der Waals surface area contributed by atoms with Gasteiger partial charge in [0.1, 0.15) is 10.7 Å². The first kappa shape index (κ1) is 34.7. The van der Waals surface area contributed by atoms with Gasteiger partial charge in [-0.1, -0.05) is 73.7 Å². The maximum absolute atomic E-state index is 12.6. The van der Waals surface area contributed by atoms with Gasteiger partial charge < -0.3 is 27.2 Å². The van der Waals surface area contributed by atoms with E-state index in [9.17, 15) is 14.7 Å². The molecule has 0 bridgehead atoms. The number of amides is 2. The Morgan fingerprint density at radius 1 is 1.18 bits per heavy atom. The number of quaternary nitrogens is 1. The number of allylic oxidation sites excluding steroid dienone is 5. The Labute approximate surface area is 264 Å². The molecule has 0 radical (unpaired) electrons. The molecule has 0 fully saturated rings. The molecule has 3 unspecified atom stereocenters. The number of nitrogens with zero attached hydrogens (tertiary/aromatic N) is 2. The zero-order chi connectivity index (χ0) is 32.1. The fourth-order valence-electron chi connectivity index (χ4n) is 4.76. The zero-order valence-corrected chi connectivity index (χ0v) is 27.1. The molecule has 238 valence electrons. The van der Waals surface area contributed by atoms with Gasteiger partial charge in [0.25, 0.3) is 0 Å². The average molecular weight is 623 g/mol. The lowest BCUT2D eigenvalue weighted by molar-refractivity contribution is -0.310. The van der Waals surface area contributed by atoms with Gasteiger partial charge in [-0.15, -0.1) is 10.2 Å². The van der Waals surface area contributed by atoms with Crippen LogP contribution in [-0.4, -0.2) is 38.9 Å². The van der Waals surface area contributed by atoms with Crippen molar-refractivity contribution in [2.45, 2.75) is 84.4 Å². The monoisotopic (exact) mass is 622 g/mol. The van der Waals surface area contributed by atoms with E-state index in [1.165, 1.54) is 11.3 Å². The highest BCUT2D eigenvalue weighted by atomic mass is 32.1. The van der Waals surface area contributed by atoms with Gasteiger partial charge in [-0.25, -0.2) is 0 Å². The number of anilines is 1. The molecule has 1 heterocycles. The molecular weight excluding hydrogens is 574 g/mol. The van der Waals surface area contributed by atoms with Crippen LogP contribution >= 0.6 is 11.3 Å². The molecule has 3 atom stereocenters. The van der Waals surface area contributed by atoms with E-state index in [1.54, 1.807) is 19.1 Å². The van der Waals surface area contributed by atoms with Gasteiger partial charge in [0.2, 0.25) is 22.8 Å². The predicted octanol–water partition coefficient (Wildman–Crippen LogP) is 3.71. The third-order valence-electron chi connectivity index (χ3n) is 7.21. The summed E-state index contributed by atoms with van der Waals surface area (Å²) in [6.45, 7) is 7.47. The van der Waals surface area contributed by atoms with Gasteiger partial charge in [0.15, 0.2) is 0 Å². The number of carbonyl (C=O) groups excluding carboxylic acids is 2. The molecule has 0 spiro atoms. The summed E-state index contributed by atoms with van der Waals surface area (Å²) in [5, 5.41) is 29.6. The van der Waals surface area contributed by atoms with E-state index in [4.69, 9.17) is 5.73 Å². The number of benzene rings is 1. The first-order valence-corrected chi connectivity index (χ1v) is 16.0. The van der Waals surface area contributed by atoms with Crippen LogP contribution in [0.25, 0.3) is 0 Å². The minimum absolute atomic E-state index is 0.00943. The third kappa shape index (κ3) is 12.4. The SMILES string of the molecule is CC(C)C(=O)NC(C)C1C=C(CC(=O)N/C([NH3+])=C/C=C(\N)CCCCc2nnc(NC(C)(O)Cc3ccccc3)s2)C=CC1. The fourth-order valence-corrected chi connectivity index (χ4v) is 5.66. The lowest BCUT2D eigenvalue weighted by atomic mass is 9.89. The molecule has 1 aromatic heterocycles. The maximum atomic E-state index is 12.6. The van der Waals surface area contributed by atoms with Crippen molar-refractivity contribution in [2.24, 2.45) is 17.6 Å². The molecule has 0 saturated heterocycles. The van der Waals surface area contributed by atoms with E-state index in [-0.39, 0.29) is 36.1 Å². The number of aliphatic hydroxyl groups is 1. The van der Waals surface area contributed by atoms with E-state index >= 15 is 0 Å². The van der Waals surface area contributed by atoms with Gasteiger partial charge >= 0.3 is 0 Å². The molecular formula is C33H48N7O3S+. The molecule has 10 nitrogen and oxygen atoms in total. The number of unbranched alkanes of at least 4 members (excludes halogenated alkanes) is 1. The van der Waals surface area contributed by atoms with Crippen molar-refractivity contribution < 1.29 is 20.4 Å². The van der Waals surface area contributed by atoms with Gasteiger partial charge in [-0.05, 0) is 56.7 Å².